The van der Waals surface area contributed by atoms with Gasteiger partial charge in [-0.1, -0.05) is 41.8 Å². The van der Waals surface area contributed by atoms with Crippen LogP contribution in [-0.2, 0) is 11.4 Å². The number of carboxylic acids is 1. The van der Waals surface area contributed by atoms with Crippen LogP contribution in [0.4, 0.5) is 0 Å². The zero-order chi connectivity index (χ0) is 23.4. The molecule has 7 heteroatoms. The summed E-state index contributed by atoms with van der Waals surface area (Å²) in [7, 11) is 0. The lowest BCUT2D eigenvalue weighted by Crippen LogP contribution is -2.04. The third-order valence-electron chi connectivity index (χ3n) is 5.34. The third kappa shape index (κ3) is 5.92. The Bertz CT molecular complexity index is 1370. The predicted octanol–water partition coefficient (Wildman–Crippen LogP) is 7.20. The van der Waals surface area contributed by atoms with Crippen molar-refractivity contribution in [1.29, 1.82) is 0 Å². The Balaban J connectivity index is 0.00000324. The number of hydrogen-bond donors (Lipinski definition) is 1. The van der Waals surface area contributed by atoms with Gasteiger partial charge in [0.25, 0.3) is 0 Å². The molecular formula is C27H24ClNO3S2. The van der Waals surface area contributed by atoms with Gasteiger partial charge in [-0.15, -0.1) is 17.3 Å². The van der Waals surface area contributed by atoms with Gasteiger partial charge in [-0.2, -0.15) is 13.5 Å². The van der Waals surface area contributed by atoms with Crippen molar-refractivity contribution in [2.24, 2.45) is 0 Å². The number of pyridine rings is 1. The number of halogens is 1. The van der Waals surface area contributed by atoms with Crippen LogP contribution < -0.4 is 4.74 Å². The Morgan fingerprint density at radius 2 is 1.94 bits per heavy atom. The van der Waals surface area contributed by atoms with E-state index in [4.69, 9.17) is 21.4 Å². The van der Waals surface area contributed by atoms with Crippen LogP contribution in [0.15, 0.2) is 60.0 Å². The first-order chi connectivity index (χ1) is 15.9. The van der Waals surface area contributed by atoms with Gasteiger partial charge in [0.15, 0.2) is 0 Å². The lowest BCUT2D eigenvalue weighted by molar-refractivity contribution is -0.137. The molecule has 1 atom stereocenters. The molecule has 4 aromatic rings. The SMILES string of the molecule is CC#C[C@@H](CC(=O)O)c1ccc(OCc2ccc3scc(-c4nc(Cl)ccc4C)c3c2)cc1.S. The van der Waals surface area contributed by atoms with E-state index < -0.39 is 5.97 Å². The molecule has 4 rings (SSSR count). The van der Waals surface area contributed by atoms with E-state index in [9.17, 15) is 4.79 Å². The molecule has 2 aromatic carbocycles. The number of carbonyl (C=O) groups is 1. The van der Waals surface area contributed by atoms with Crippen LogP contribution in [0.5, 0.6) is 5.75 Å². The van der Waals surface area contributed by atoms with Crippen LogP contribution in [0.2, 0.25) is 5.15 Å². The molecule has 0 fully saturated rings. The molecule has 0 amide bonds. The molecular weight excluding hydrogens is 486 g/mol. The summed E-state index contributed by atoms with van der Waals surface area (Å²) in [6.45, 7) is 4.16. The third-order valence-corrected chi connectivity index (χ3v) is 6.52. The highest BCUT2D eigenvalue weighted by atomic mass is 35.5. The number of fused-ring (bicyclic) bond motifs is 1. The molecule has 0 spiro atoms. The first-order valence-corrected chi connectivity index (χ1v) is 11.7. The van der Waals surface area contributed by atoms with E-state index in [-0.39, 0.29) is 25.8 Å². The first-order valence-electron chi connectivity index (χ1n) is 10.4. The number of carboxylic acid groups (broad SMARTS) is 1. The number of benzene rings is 2. The second-order valence-corrected chi connectivity index (χ2v) is 8.98. The second-order valence-electron chi connectivity index (χ2n) is 7.68. The molecule has 0 aliphatic heterocycles. The summed E-state index contributed by atoms with van der Waals surface area (Å²) in [6, 6.07) is 17.6. The van der Waals surface area contributed by atoms with Crippen LogP contribution in [0.3, 0.4) is 0 Å². The van der Waals surface area contributed by atoms with Crippen molar-refractivity contribution in [1.82, 2.24) is 4.98 Å². The summed E-state index contributed by atoms with van der Waals surface area (Å²) >= 11 is 7.82. The topological polar surface area (TPSA) is 59.4 Å². The van der Waals surface area contributed by atoms with Gasteiger partial charge >= 0.3 is 5.97 Å². The van der Waals surface area contributed by atoms with Crippen LogP contribution in [-0.4, -0.2) is 16.1 Å². The van der Waals surface area contributed by atoms with Crippen LogP contribution in [0, 0.1) is 18.8 Å². The number of aromatic nitrogens is 1. The minimum Gasteiger partial charge on any atom is -0.489 e. The summed E-state index contributed by atoms with van der Waals surface area (Å²) in [4.78, 5) is 15.6. The average molecular weight is 510 g/mol. The van der Waals surface area contributed by atoms with Crippen molar-refractivity contribution in [2.75, 3.05) is 0 Å². The van der Waals surface area contributed by atoms with Crippen molar-refractivity contribution >= 4 is 52.5 Å². The summed E-state index contributed by atoms with van der Waals surface area (Å²) in [5, 5.41) is 12.8. The Morgan fingerprint density at radius 1 is 1.18 bits per heavy atom. The van der Waals surface area contributed by atoms with Crippen LogP contribution >= 0.6 is 36.4 Å². The predicted molar refractivity (Wildman–Crippen MR) is 144 cm³/mol. The Kier molecular flexibility index (Phi) is 8.62. The number of aliphatic carboxylic acids is 1. The van der Waals surface area contributed by atoms with Crippen molar-refractivity contribution in [3.05, 3.63) is 81.8 Å². The molecule has 1 N–H and O–H groups in total. The maximum absolute atomic E-state index is 11.1. The van der Waals surface area contributed by atoms with E-state index in [1.54, 1.807) is 24.3 Å². The molecule has 0 bridgehead atoms. The minimum absolute atomic E-state index is 0. The second kappa shape index (κ2) is 11.4. The first kappa shape index (κ1) is 25.6. The molecule has 2 heterocycles. The molecule has 0 unspecified atom stereocenters. The summed E-state index contributed by atoms with van der Waals surface area (Å²) in [6.07, 6.45) is -0.0228. The number of aryl methyl sites for hydroxylation is 1. The maximum Gasteiger partial charge on any atom is 0.304 e. The zero-order valence-corrected chi connectivity index (χ0v) is 21.3. The molecule has 0 aliphatic rings. The highest BCUT2D eigenvalue weighted by Gasteiger charge is 2.14. The lowest BCUT2D eigenvalue weighted by atomic mass is 9.96. The fourth-order valence-electron chi connectivity index (χ4n) is 3.69. The fraction of sp³-hybridized carbons (Fsp3) is 0.185. The molecule has 34 heavy (non-hydrogen) atoms. The van der Waals surface area contributed by atoms with E-state index in [0.29, 0.717) is 11.8 Å². The van der Waals surface area contributed by atoms with Gasteiger partial charge in [0.1, 0.15) is 17.5 Å². The van der Waals surface area contributed by atoms with Crippen molar-refractivity contribution in [3.63, 3.8) is 0 Å². The lowest BCUT2D eigenvalue weighted by Gasteiger charge is -2.11. The van der Waals surface area contributed by atoms with Gasteiger partial charge in [0.05, 0.1) is 18.0 Å². The number of hydrogen-bond acceptors (Lipinski definition) is 4. The van der Waals surface area contributed by atoms with Gasteiger partial charge in [0.2, 0.25) is 0 Å². The molecule has 0 aliphatic carbocycles. The normalized spacial score (nSPS) is 11.3. The van der Waals surface area contributed by atoms with E-state index in [1.807, 2.05) is 37.3 Å². The summed E-state index contributed by atoms with van der Waals surface area (Å²) in [5.41, 5.74) is 4.96. The highest BCUT2D eigenvalue weighted by molar-refractivity contribution is 7.59. The van der Waals surface area contributed by atoms with Gasteiger partial charge in [-0.3, -0.25) is 4.79 Å². The van der Waals surface area contributed by atoms with Crippen LogP contribution in [0.1, 0.15) is 36.0 Å². The summed E-state index contributed by atoms with van der Waals surface area (Å²) in [5.74, 6) is 5.30. The van der Waals surface area contributed by atoms with Gasteiger partial charge in [0, 0.05) is 21.0 Å². The van der Waals surface area contributed by atoms with Gasteiger partial charge in [-0.25, -0.2) is 4.98 Å². The molecule has 4 nitrogen and oxygen atoms in total. The van der Waals surface area contributed by atoms with Gasteiger partial charge in [-0.05, 0) is 60.9 Å². The standard InChI is InChI=1S/C27H22ClNO3S.H2S/c1-3-4-20(14-26(30)31)19-7-9-21(10-8-19)32-15-18-6-11-24-22(13-18)23(16-33-24)27-17(2)5-12-25(28)29-27;/h5-13,16,20H,14-15H2,1-2H3,(H,30,31);1H2/t20-;/m0./s1. The van der Waals surface area contributed by atoms with E-state index >= 15 is 0 Å². The number of nitrogens with zero attached hydrogens (tertiary/aromatic N) is 1. The van der Waals surface area contributed by atoms with Crippen molar-refractivity contribution in [2.45, 2.75) is 32.8 Å². The molecule has 174 valence electrons. The molecule has 2 aromatic heterocycles. The molecule has 0 radical (unpaired) electrons. The van der Waals surface area contributed by atoms with Gasteiger partial charge < -0.3 is 9.84 Å². The van der Waals surface area contributed by atoms with E-state index in [2.05, 4.69) is 40.4 Å². The quantitative estimate of drug-likeness (QED) is 0.211. The Labute approximate surface area is 215 Å². The molecule has 0 saturated carbocycles. The largest absolute Gasteiger partial charge is 0.489 e. The monoisotopic (exact) mass is 509 g/mol. The zero-order valence-electron chi connectivity index (χ0n) is 18.8. The highest BCUT2D eigenvalue weighted by Crippen LogP contribution is 2.36. The van der Waals surface area contributed by atoms with E-state index in [1.165, 1.54) is 4.70 Å². The van der Waals surface area contributed by atoms with Crippen LogP contribution in [0.25, 0.3) is 21.3 Å². The molecule has 0 saturated heterocycles. The summed E-state index contributed by atoms with van der Waals surface area (Å²) < 4.78 is 7.18. The van der Waals surface area contributed by atoms with Crippen molar-refractivity contribution in [3.8, 4) is 28.8 Å². The number of ether oxygens (including phenoxy) is 1. The van der Waals surface area contributed by atoms with E-state index in [0.717, 1.165) is 39.1 Å². The number of rotatable bonds is 7. The fourth-order valence-corrected chi connectivity index (χ4v) is 4.76. The Morgan fingerprint density at radius 3 is 2.65 bits per heavy atom. The smallest absolute Gasteiger partial charge is 0.304 e. The Hall–Kier alpha value is -2.98. The minimum atomic E-state index is -0.866. The average Bonchev–Trinajstić information content (AvgIpc) is 3.22. The van der Waals surface area contributed by atoms with Crippen molar-refractivity contribution < 1.29 is 14.6 Å². The number of thiophene rings is 1. The maximum atomic E-state index is 11.1.